The monoisotopic (exact) mass is 287 g/mol. The van der Waals surface area contributed by atoms with Crippen LogP contribution in [0.1, 0.15) is 29.2 Å². The Morgan fingerprint density at radius 3 is 2.45 bits per heavy atom. The summed E-state index contributed by atoms with van der Waals surface area (Å²) in [6.07, 6.45) is 2.56. The maximum absolute atomic E-state index is 12.6. The molecule has 0 saturated carbocycles. The molecule has 0 bridgehead atoms. The van der Waals surface area contributed by atoms with E-state index in [4.69, 9.17) is 0 Å². The highest BCUT2D eigenvalue weighted by atomic mass is 32.2. The van der Waals surface area contributed by atoms with E-state index >= 15 is 0 Å². The van der Waals surface area contributed by atoms with Gasteiger partial charge in [0.15, 0.2) is 0 Å². The first-order chi connectivity index (χ1) is 9.67. The molecule has 2 aromatic rings. The normalized spacial score (nSPS) is 18.3. The topological polar surface area (TPSA) is 46.2 Å². The van der Waals surface area contributed by atoms with Crippen molar-refractivity contribution >= 4 is 15.7 Å². The number of nitrogens with one attached hydrogen (secondary N) is 1. The molecule has 0 fully saturated rings. The molecule has 0 aromatic heterocycles. The number of rotatable bonds is 3. The van der Waals surface area contributed by atoms with Crippen molar-refractivity contribution in [3.63, 3.8) is 0 Å². The van der Waals surface area contributed by atoms with Gasteiger partial charge in [0.2, 0.25) is 10.0 Å². The van der Waals surface area contributed by atoms with E-state index in [-0.39, 0.29) is 0 Å². The molecule has 0 spiro atoms. The molecule has 0 radical (unpaired) electrons. The Labute approximate surface area is 119 Å². The van der Waals surface area contributed by atoms with Crippen LogP contribution < -0.4 is 4.72 Å². The quantitative estimate of drug-likeness (QED) is 0.939. The molecule has 3 rings (SSSR count). The summed E-state index contributed by atoms with van der Waals surface area (Å²) in [5.74, 6) is 0. The van der Waals surface area contributed by atoms with Crippen LogP contribution in [0, 0.1) is 0 Å². The van der Waals surface area contributed by atoms with E-state index in [1.165, 1.54) is 0 Å². The third-order valence-electron chi connectivity index (χ3n) is 3.72. The Kier molecular flexibility index (Phi) is 3.49. The van der Waals surface area contributed by atoms with E-state index in [2.05, 4.69) is 4.72 Å². The minimum Gasteiger partial charge on any atom is -0.283 e. The van der Waals surface area contributed by atoms with Gasteiger partial charge < -0.3 is 0 Å². The number of fused-ring (bicyclic) bond motifs is 1. The van der Waals surface area contributed by atoms with Gasteiger partial charge in [0.25, 0.3) is 0 Å². The van der Waals surface area contributed by atoms with E-state index < -0.39 is 15.3 Å². The highest BCUT2D eigenvalue weighted by molar-refractivity contribution is 7.92. The Hall–Kier alpha value is -1.81. The first-order valence-electron chi connectivity index (χ1n) is 6.81. The van der Waals surface area contributed by atoms with Gasteiger partial charge in [0, 0.05) is 5.69 Å². The minimum absolute atomic E-state index is 0.451. The smallest absolute Gasteiger partial charge is 0.239 e. The fourth-order valence-corrected chi connectivity index (χ4v) is 4.42. The number of hydrogen-bond donors (Lipinski definition) is 1. The van der Waals surface area contributed by atoms with Gasteiger partial charge >= 0.3 is 0 Å². The molecule has 1 unspecified atom stereocenters. The summed E-state index contributed by atoms with van der Waals surface area (Å²) >= 11 is 0. The fourth-order valence-electron chi connectivity index (χ4n) is 2.77. The van der Waals surface area contributed by atoms with Crippen LogP contribution in [-0.2, 0) is 16.4 Å². The van der Waals surface area contributed by atoms with Gasteiger partial charge in [-0.25, -0.2) is 8.42 Å². The average Bonchev–Trinajstić information content (AvgIpc) is 2.47. The number of hydrogen-bond acceptors (Lipinski definition) is 2. The third kappa shape index (κ3) is 2.56. The van der Waals surface area contributed by atoms with Crippen LogP contribution in [0.4, 0.5) is 5.69 Å². The average molecular weight is 287 g/mol. The second-order valence-corrected chi connectivity index (χ2v) is 6.96. The van der Waals surface area contributed by atoms with Crippen LogP contribution in [0.15, 0.2) is 54.6 Å². The predicted molar refractivity (Wildman–Crippen MR) is 81.1 cm³/mol. The van der Waals surface area contributed by atoms with E-state index in [1.54, 1.807) is 12.1 Å². The minimum atomic E-state index is -3.40. The van der Waals surface area contributed by atoms with E-state index in [0.29, 0.717) is 12.1 Å². The Bertz CT molecular complexity index is 695. The summed E-state index contributed by atoms with van der Waals surface area (Å²) in [4.78, 5) is 0. The first-order valence-corrected chi connectivity index (χ1v) is 8.36. The Balaban J connectivity index is 1.93. The second-order valence-electron chi connectivity index (χ2n) is 5.09. The summed E-state index contributed by atoms with van der Waals surface area (Å²) in [6.45, 7) is 0. The van der Waals surface area contributed by atoms with Crippen LogP contribution in [0.25, 0.3) is 0 Å². The third-order valence-corrected chi connectivity index (χ3v) is 5.48. The molecule has 20 heavy (non-hydrogen) atoms. The molecule has 1 aliphatic carbocycles. The van der Waals surface area contributed by atoms with E-state index in [1.807, 2.05) is 42.5 Å². The standard InChI is InChI=1S/C16H17NO2S/c18-20(19,17-14-9-2-1-3-10-14)16-12-6-8-13-7-4-5-11-15(13)16/h1-5,7,9-11,16-17H,6,8,12H2. The lowest BCUT2D eigenvalue weighted by Crippen LogP contribution is -2.24. The molecular weight excluding hydrogens is 270 g/mol. The molecule has 1 aliphatic rings. The maximum Gasteiger partial charge on any atom is 0.239 e. The van der Waals surface area contributed by atoms with Crippen molar-refractivity contribution in [1.82, 2.24) is 0 Å². The van der Waals surface area contributed by atoms with Gasteiger partial charge in [-0.15, -0.1) is 0 Å². The number of aryl methyl sites for hydroxylation is 1. The second kappa shape index (κ2) is 5.29. The van der Waals surface area contributed by atoms with Crippen LogP contribution in [-0.4, -0.2) is 8.42 Å². The lowest BCUT2D eigenvalue weighted by Gasteiger charge is -2.25. The molecular formula is C16H17NO2S. The molecule has 3 nitrogen and oxygen atoms in total. The first kappa shape index (κ1) is 13.2. The highest BCUT2D eigenvalue weighted by Gasteiger charge is 2.31. The summed E-state index contributed by atoms with van der Waals surface area (Å²) in [5, 5.41) is -0.451. The highest BCUT2D eigenvalue weighted by Crippen LogP contribution is 2.36. The number of sulfonamides is 1. The van der Waals surface area contributed by atoms with Gasteiger partial charge in [-0.2, -0.15) is 0 Å². The van der Waals surface area contributed by atoms with Crippen LogP contribution in [0.2, 0.25) is 0 Å². The van der Waals surface area contributed by atoms with Crippen LogP contribution in [0.3, 0.4) is 0 Å². The van der Waals surface area contributed by atoms with Crippen molar-refractivity contribution in [2.45, 2.75) is 24.5 Å². The Morgan fingerprint density at radius 2 is 1.65 bits per heavy atom. The van der Waals surface area contributed by atoms with Crippen molar-refractivity contribution in [3.8, 4) is 0 Å². The van der Waals surface area contributed by atoms with Gasteiger partial charge in [0.1, 0.15) is 5.25 Å². The molecule has 104 valence electrons. The maximum atomic E-state index is 12.6. The van der Waals surface area contributed by atoms with Gasteiger partial charge in [-0.1, -0.05) is 42.5 Å². The zero-order chi connectivity index (χ0) is 14.0. The van der Waals surface area contributed by atoms with Crippen LogP contribution >= 0.6 is 0 Å². The van der Waals surface area contributed by atoms with E-state index in [9.17, 15) is 8.42 Å². The molecule has 2 aromatic carbocycles. The molecule has 0 amide bonds. The molecule has 1 atom stereocenters. The number of benzene rings is 2. The van der Waals surface area contributed by atoms with Crippen LogP contribution in [0.5, 0.6) is 0 Å². The lowest BCUT2D eigenvalue weighted by atomic mass is 9.91. The molecule has 0 heterocycles. The van der Waals surface area contributed by atoms with Gasteiger partial charge in [-0.05, 0) is 42.5 Å². The zero-order valence-corrected chi connectivity index (χ0v) is 11.9. The lowest BCUT2D eigenvalue weighted by molar-refractivity contribution is 0.565. The Morgan fingerprint density at radius 1 is 0.950 bits per heavy atom. The fraction of sp³-hybridized carbons (Fsp3) is 0.250. The van der Waals surface area contributed by atoms with Crippen molar-refractivity contribution in [3.05, 3.63) is 65.7 Å². The number of anilines is 1. The van der Waals surface area contributed by atoms with Gasteiger partial charge in [0.05, 0.1) is 0 Å². The van der Waals surface area contributed by atoms with Crippen molar-refractivity contribution in [2.75, 3.05) is 4.72 Å². The summed E-state index contributed by atoms with van der Waals surface area (Å²) < 4.78 is 27.9. The largest absolute Gasteiger partial charge is 0.283 e. The van der Waals surface area contributed by atoms with Gasteiger partial charge in [-0.3, -0.25) is 4.72 Å². The summed E-state index contributed by atoms with van der Waals surface area (Å²) in [5.41, 5.74) is 2.72. The summed E-state index contributed by atoms with van der Waals surface area (Å²) in [7, 11) is -3.40. The van der Waals surface area contributed by atoms with E-state index in [0.717, 1.165) is 24.0 Å². The SMILES string of the molecule is O=S(=O)(Nc1ccccc1)C1CCCc2ccccc21. The molecule has 0 saturated heterocycles. The molecule has 0 aliphatic heterocycles. The molecule has 1 N–H and O–H groups in total. The number of para-hydroxylation sites is 1. The van der Waals surface area contributed by atoms with Crippen molar-refractivity contribution < 1.29 is 8.42 Å². The summed E-state index contributed by atoms with van der Waals surface area (Å²) in [6, 6.07) is 16.9. The van der Waals surface area contributed by atoms with Crippen molar-refractivity contribution in [2.24, 2.45) is 0 Å². The zero-order valence-electron chi connectivity index (χ0n) is 11.1. The predicted octanol–water partition coefficient (Wildman–Crippen LogP) is 3.51. The molecule has 4 heteroatoms. The van der Waals surface area contributed by atoms with Crippen molar-refractivity contribution in [1.29, 1.82) is 0 Å².